The van der Waals surface area contributed by atoms with Crippen molar-refractivity contribution in [3.63, 3.8) is 0 Å². The molecule has 10 heteroatoms. The maximum absolute atomic E-state index is 13.9. The van der Waals surface area contributed by atoms with Gasteiger partial charge in [0.25, 0.3) is 10.0 Å². The summed E-state index contributed by atoms with van der Waals surface area (Å²) in [6, 6.07) is 20.7. The summed E-state index contributed by atoms with van der Waals surface area (Å²) < 4.78 is 29.3. The predicted molar refractivity (Wildman–Crippen MR) is 154 cm³/mol. The number of nitrogens with zero attached hydrogens (tertiary/aromatic N) is 2. The quantitative estimate of drug-likeness (QED) is 0.301. The van der Waals surface area contributed by atoms with Gasteiger partial charge in [0, 0.05) is 22.1 Å². The van der Waals surface area contributed by atoms with Gasteiger partial charge in [0.15, 0.2) is 0 Å². The van der Waals surface area contributed by atoms with Gasteiger partial charge in [-0.1, -0.05) is 64.8 Å². The molecule has 0 unspecified atom stereocenters. The summed E-state index contributed by atoms with van der Waals surface area (Å²) >= 11 is 9.42. The van der Waals surface area contributed by atoms with Crippen molar-refractivity contribution >= 4 is 55.1 Å². The van der Waals surface area contributed by atoms with Gasteiger partial charge in [-0.15, -0.1) is 0 Å². The van der Waals surface area contributed by atoms with E-state index in [1.54, 1.807) is 66.7 Å². The van der Waals surface area contributed by atoms with E-state index in [-0.39, 0.29) is 23.4 Å². The Balaban J connectivity index is 2.04. The molecule has 202 valence electrons. The zero-order chi connectivity index (χ0) is 27.9. The van der Waals surface area contributed by atoms with Crippen LogP contribution in [-0.4, -0.2) is 43.8 Å². The van der Waals surface area contributed by atoms with Crippen LogP contribution in [-0.2, 0) is 26.2 Å². The van der Waals surface area contributed by atoms with Crippen LogP contribution in [0.15, 0.2) is 88.2 Å². The standard InChI is InChI=1S/C28H31BrClN3O4S/c1-4-26(28(35)31-20(2)3)32(18-21-10-14-23(30)15-11-21)27(34)19-33(24-16-12-22(29)13-17-24)38(36,37)25-8-6-5-7-9-25/h5-17,20,26H,4,18-19H2,1-3H3,(H,31,35)/t26-/m1/s1. The topological polar surface area (TPSA) is 86.8 Å². The number of benzene rings is 3. The Labute approximate surface area is 238 Å². The zero-order valence-corrected chi connectivity index (χ0v) is 24.6. The maximum Gasteiger partial charge on any atom is 0.264 e. The molecule has 7 nitrogen and oxygen atoms in total. The van der Waals surface area contributed by atoms with Gasteiger partial charge < -0.3 is 10.2 Å². The molecular formula is C28H31BrClN3O4S. The summed E-state index contributed by atoms with van der Waals surface area (Å²) in [6.07, 6.45) is 0.349. The molecule has 3 aromatic rings. The van der Waals surface area contributed by atoms with E-state index >= 15 is 0 Å². The SMILES string of the molecule is CC[C@H](C(=O)NC(C)C)N(Cc1ccc(Cl)cc1)C(=O)CN(c1ccc(Br)cc1)S(=O)(=O)c1ccccc1. The van der Waals surface area contributed by atoms with Gasteiger partial charge in [0.1, 0.15) is 12.6 Å². The monoisotopic (exact) mass is 619 g/mol. The van der Waals surface area contributed by atoms with E-state index in [9.17, 15) is 18.0 Å². The highest BCUT2D eigenvalue weighted by atomic mass is 79.9. The van der Waals surface area contributed by atoms with Crippen LogP contribution in [0.3, 0.4) is 0 Å². The van der Waals surface area contributed by atoms with Gasteiger partial charge in [-0.25, -0.2) is 8.42 Å². The van der Waals surface area contributed by atoms with Crippen LogP contribution in [0.25, 0.3) is 0 Å². The van der Waals surface area contributed by atoms with Crippen molar-refractivity contribution in [1.29, 1.82) is 0 Å². The van der Waals surface area contributed by atoms with Crippen LogP contribution in [0.1, 0.15) is 32.8 Å². The van der Waals surface area contributed by atoms with E-state index in [4.69, 9.17) is 11.6 Å². The molecule has 3 aromatic carbocycles. The fourth-order valence-corrected chi connectivity index (χ4v) is 5.77. The molecular weight excluding hydrogens is 590 g/mol. The molecule has 0 aliphatic rings. The summed E-state index contributed by atoms with van der Waals surface area (Å²) in [7, 11) is -4.09. The molecule has 0 radical (unpaired) electrons. The first-order valence-corrected chi connectivity index (χ1v) is 14.8. The minimum absolute atomic E-state index is 0.0598. The van der Waals surface area contributed by atoms with Crippen molar-refractivity contribution < 1.29 is 18.0 Å². The highest BCUT2D eigenvalue weighted by Crippen LogP contribution is 2.26. The number of amides is 2. The molecule has 0 heterocycles. The molecule has 2 amide bonds. The second-order valence-corrected chi connectivity index (χ2v) is 12.3. The van der Waals surface area contributed by atoms with E-state index < -0.39 is 28.5 Å². The van der Waals surface area contributed by atoms with E-state index in [0.717, 1.165) is 14.3 Å². The molecule has 0 saturated carbocycles. The number of hydrogen-bond donors (Lipinski definition) is 1. The summed E-state index contributed by atoms with van der Waals surface area (Å²) in [5, 5.41) is 3.43. The predicted octanol–water partition coefficient (Wildman–Crippen LogP) is 5.63. The number of rotatable bonds is 11. The minimum Gasteiger partial charge on any atom is -0.352 e. The van der Waals surface area contributed by atoms with Crippen LogP contribution in [0, 0.1) is 0 Å². The number of hydrogen-bond acceptors (Lipinski definition) is 4. The smallest absolute Gasteiger partial charge is 0.264 e. The summed E-state index contributed by atoms with van der Waals surface area (Å²) in [5.74, 6) is -0.806. The molecule has 3 rings (SSSR count). The van der Waals surface area contributed by atoms with E-state index in [2.05, 4.69) is 21.2 Å². The Morgan fingerprint density at radius 2 is 1.55 bits per heavy atom. The number of carbonyl (C=O) groups is 2. The highest BCUT2D eigenvalue weighted by Gasteiger charge is 2.33. The van der Waals surface area contributed by atoms with Crippen molar-refractivity contribution in [3.8, 4) is 0 Å². The van der Waals surface area contributed by atoms with Crippen molar-refractivity contribution in [2.24, 2.45) is 0 Å². The van der Waals surface area contributed by atoms with Gasteiger partial charge >= 0.3 is 0 Å². The molecule has 0 fully saturated rings. The van der Waals surface area contributed by atoms with E-state index in [1.165, 1.54) is 17.0 Å². The number of halogens is 2. The molecule has 1 atom stereocenters. The number of sulfonamides is 1. The number of nitrogens with one attached hydrogen (secondary N) is 1. The van der Waals surface area contributed by atoms with Crippen LogP contribution < -0.4 is 9.62 Å². The molecule has 0 aliphatic heterocycles. The van der Waals surface area contributed by atoms with Gasteiger partial charge in [0.2, 0.25) is 11.8 Å². The van der Waals surface area contributed by atoms with Crippen molar-refractivity contribution in [2.75, 3.05) is 10.8 Å². The highest BCUT2D eigenvalue weighted by molar-refractivity contribution is 9.10. The molecule has 0 aromatic heterocycles. The molecule has 0 bridgehead atoms. The first-order valence-electron chi connectivity index (χ1n) is 12.2. The van der Waals surface area contributed by atoms with E-state index in [1.807, 2.05) is 20.8 Å². The van der Waals surface area contributed by atoms with Crippen molar-refractivity contribution in [2.45, 2.75) is 50.7 Å². The molecule has 38 heavy (non-hydrogen) atoms. The lowest BCUT2D eigenvalue weighted by atomic mass is 10.1. The zero-order valence-electron chi connectivity index (χ0n) is 21.5. The second kappa shape index (κ2) is 13.3. The second-order valence-electron chi connectivity index (χ2n) is 9.04. The third kappa shape index (κ3) is 7.58. The van der Waals surface area contributed by atoms with Crippen LogP contribution in [0.4, 0.5) is 5.69 Å². The fourth-order valence-electron chi connectivity index (χ4n) is 3.94. The molecule has 0 aliphatic carbocycles. The Bertz CT molecular complexity index is 1330. The number of carbonyl (C=O) groups excluding carboxylic acids is 2. The van der Waals surface area contributed by atoms with Gasteiger partial charge in [0.05, 0.1) is 10.6 Å². The average molecular weight is 621 g/mol. The van der Waals surface area contributed by atoms with E-state index in [0.29, 0.717) is 17.1 Å². The van der Waals surface area contributed by atoms with Crippen molar-refractivity contribution in [1.82, 2.24) is 10.2 Å². The molecule has 0 saturated heterocycles. The summed E-state index contributed by atoms with van der Waals surface area (Å²) in [5.41, 5.74) is 1.09. The Morgan fingerprint density at radius 1 is 0.947 bits per heavy atom. The third-order valence-corrected chi connectivity index (χ3v) is 8.38. The number of anilines is 1. The summed E-state index contributed by atoms with van der Waals surface area (Å²) in [6.45, 7) is 5.13. The lowest BCUT2D eigenvalue weighted by molar-refractivity contribution is -0.140. The first-order chi connectivity index (χ1) is 18.0. The van der Waals surface area contributed by atoms with Gasteiger partial charge in [-0.05, 0) is 74.4 Å². The van der Waals surface area contributed by atoms with Gasteiger partial charge in [-0.3, -0.25) is 13.9 Å². The first kappa shape index (κ1) is 29.7. The Hall–Kier alpha value is -2.88. The lowest BCUT2D eigenvalue weighted by Gasteiger charge is -2.33. The van der Waals surface area contributed by atoms with Crippen molar-refractivity contribution in [3.05, 3.63) is 93.9 Å². The lowest BCUT2D eigenvalue weighted by Crippen LogP contribution is -2.53. The molecule has 0 spiro atoms. The van der Waals surface area contributed by atoms with Crippen LogP contribution >= 0.6 is 27.5 Å². The Morgan fingerprint density at radius 3 is 2.11 bits per heavy atom. The fraction of sp³-hybridized carbons (Fsp3) is 0.286. The summed E-state index contributed by atoms with van der Waals surface area (Å²) in [4.78, 5) is 28.6. The van der Waals surface area contributed by atoms with Gasteiger partial charge in [-0.2, -0.15) is 0 Å². The average Bonchev–Trinajstić information content (AvgIpc) is 2.89. The normalized spacial score (nSPS) is 12.2. The third-order valence-electron chi connectivity index (χ3n) is 5.81. The van der Waals surface area contributed by atoms with Crippen LogP contribution in [0.2, 0.25) is 5.02 Å². The Kier molecular flexibility index (Phi) is 10.4. The largest absolute Gasteiger partial charge is 0.352 e. The minimum atomic E-state index is -4.09. The molecule has 1 N–H and O–H groups in total. The van der Waals surface area contributed by atoms with Crippen LogP contribution in [0.5, 0.6) is 0 Å². The maximum atomic E-state index is 13.9.